The molecular formula is C18H16O7. The van der Waals surface area contributed by atoms with Crippen LogP contribution in [0.3, 0.4) is 0 Å². The highest BCUT2D eigenvalue weighted by atomic mass is 16.6. The summed E-state index contributed by atoms with van der Waals surface area (Å²) in [7, 11) is 2.86. The summed E-state index contributed by atoms with van der Waals surface area (Å²) in [4.78, 5) is 38.1. The summed E-state index contributed by atoms with van der Waals surface area (Å²) < 4.78 is 21.6. The molecule has 4 rings (SSSR count). The largest absolute Gasteiger partial charge is 0.496 e. The van der Waals surface area contributed by atoms with Crippen LogP contribution in [0.25, 0.3) is 0 Å². The molecule has 3 aliphatic rings. The molecule has 1 saturated heterocycles. The monoisotopic (exact) mass is 344 g/mol. The van der Waals surface area contributed by atoms with Gasteiger partial charge in [-0.05, 0) is 19.1 Å². The lowest BCUT2D eigenvalue weighted by molar-refractivity contribution is -0.140. The van der Waals surface area contributed by atoms with Gasteiger partial charge in [0, 0.05) is 5.57 Å². The Morgan fingerprint density at radius 1 is 0.960 bits per heavy atom. The number of ether oxygens (including phenoxy) is 4. The molecular weight excluding hydrogens is 328 g/mol. The van der Waals surface area contributed by atoms with Crippen molar-refractivity contribution in [1.82, 2.24) is 0 Å². The number of benzene rings is 1. The van der Waals surface area contributed by atoms with Crippen molar-refractivity contribution in [2.45, 2.75) is 31.7 Å². The van der Waals surface area contributed by atoms with Gasteiger partial charge in [-0.25, -0.2) is 0 Å². The Hall–Kier alpha value is -2.67. The van der Waals surface area contributed by atoms with Gasteiger partial charge in [-0.1, -0.05) is 0 Å². The maximum atomic E-state index is 13.2. The molecule has 0 unspecified atom stereocenters. The van der Waals surface area contributed by atoms with E-state index in [-0.39, 0.29) is 46.0 Å². The fourth-order valence-corrected chi connectivity index (χ4v) is 3.79. The van der Waals surface area contributed by atoms with E-state index >= 15 is 0 Å². The molecule has 7 heteroatoms. The first-order valence-corrected chi connectivity index (χ1v) is 7.91. The van der Waals surface area contributed by atoms with Gasteiger partial charge in [0.05, 0.1) is 43.4 Å². The number of ketones is 2. The summed E-state index contributed by atoms with van der Waals surface area (Å²) in [6.07, 6.45) is -1.98. The number of fused-ring (bicyclic) bond motifs is 3. The molecule has 1 fully saturated rings. The van der Waals surface area contributed by atoms with Crippen molar-refractivity contribution < 1.29 is 33.3 Å². The molecule has 0 radical (unpaired) electrons. The number of hydrogen-bond acceptors (Lipinski definition) is 7. The molecule has 130 valence electrons. The van der Waals surface area contributed by atoms with Crippen LogP contribution in [-0.2, 0) is 14.3 Å². The van der Waals surface area contributed by atoms with Crippen LogP contribution in [0.2, 0.25) is 0 Å². The molecule has 2 aliphatic heterocycles. The molecule has 25 heavy (non-hydrogen) atoms. The molecule has 0 saturated carbocycles. The maximum absolute atomic E-state index is 13.2. The second kappa shape index (κ2) is 5.42. The van der Waals surface area contributed by atoms with E-state index in [2.05, 4.69) is 0 Å². The van der Waals surface area contributed by atoms with E-state index < -0.39 is 24.3 Å². The Morgan fingerprint density at radius 2 is 1.52 bits per heavy atom. The molecule has 0 aromatic heterocycles. The standard InChI is InChI=1S/C18H16O7/c1-7-12-15(18-10(24-7)6-11(19)25-18)17(21)14-9(23-3)5-4-8(22-2)13(14)16(12)20/h4-5,7,10,18H,6H2,1-3H3/t7-,10+,18-/m0/s1. The summed E-state index contributed by atoms with van der Waals surface area (Å²) in [5.41, 5.74) is 0.712. The summed E-state index contributed by atoms with van der Waals surface area (Å²) in [6, 6.07) is 3.16. The van der Waals surface area contributed by atoms with Crippen molar-refractivity contribution in [2.24, 2.45) is 0 Å². The molecule has 1 aromatic carbocycles. The van der Waals surface area contributed by atoms with Crippen LogP contribution in [0.15, 0.2) is 23.3 Å². The normalized spacial score (nSPS) is 27.5. The van der Waals surface area contributed by atoms with Crippen molar-refractivity contribution >= 4 is 17.5 Å². The number of methoxy groups -OCH3 is 2. The first-order chi connectivity index (χ1) is 12.0. The van der Waals surface area contributed by atoms with Crippen molar-refractivity contribution in [3.8, 4) is 11.5 Å². The highest BCUT2D eigenvalue weighted by molar-refractivity contribution is 6.30. The third kappa shape index (κ3) is 2.05. The Balaban J connectivity index is 1.97. The molecule has 2 heterocycles. The number of esters is 1. The molecule has 3 atom stereocenters. The lowest BCUT2D eigenvalue weighted by Gasteiger charge is -2.35. The van der Waals surface area contributed by atoms with Gasteiger partial charge < -0.3 is 18.9 Å². The van der Waals surface area contributed by atoms with Crippen LogP contribution >= 0.6 is 0 Å². The number of carbonyl (C=O) groups excluding carboxylic acids is 3. The lowest BCUT2D eigenvalue weighted by Crippen LogP contribution is -2.44. The second-order valence-corrected chi connectivity index (χ2v) is 6.14. The topological polar surface area (TPSA) is 88.1 Å². The SMILES string of the molecule is COc1ccc(OC)c2c1C(=O)C1=C(C2=O)[C@H]2OC(=O)C[C@H]2O[C@H]1C. The summed E-state index contributed by atoms with van der Waals surface area (Å²) >= 11 is 0. The first-order valence-electron chi connectivity index (χ1n) is 7.91. The number of Topliss-reactive ketones (excluding diaryl/α,β-unsaturated/α-hetero) is 2. The van der Waals surface area contributed by atoms with E-state index in [0.29, 0.717) is 5.75 Å². The lowest BCUT2D eigenvalue weighted by atomic mass is 9.77. The summed E-state index contributed by atoms with van der Waals surface area (Å²) in [5, 5.41) is 0. The molecule has 0 spiro atoms. The predicted molar refractivity (Wildman–Crippen MR) is 84.1 cm³/mol. The Morgan fingerprint density at radius 3 is 2.08 bits per heavy atom. The van der Waals surface area contributed by atoms with E-state index in [1.54, 1.807) is 19.1 Å². The van der Waals surface area contributed by atoms with Crippen LogP contribution in [0, 0.1) is 0 Å². The van der Waals surface area contributed by atoms with Gasteiger partial charge in [-0.2, -0.15) is 0 Å². The van der Waals surface area contributed by atoms with Crippen LogP contribution in [0.5, 0.6) is 11.5 Å². The highest BCUT2D eigenvalue weighted by Gasteiger charge is 2.52. The summed E-state index contributed by atoms with van der Waals surface area (Å²) in [5.74, 6) is -0.631. The molecule has 0 N–H and O–H groups in total. The third-order valence-corrected chi connectivity index (χ3v) is 4.84. The van der Waals surface area contributed by atoms with Crippen LogP contribution in [0.1, 0.15) is 34.1 Å². The average molecular weight is 344 g/mol. The maximum Gasteiger partial charge on any atom is 0.309 e. The van der Waals surface area contributed by atoms with Gasteiger partial charge in [0.25, 0.3) is 0 Å². The zero-order chi connectivity index (χ0) is 17.9. The molecule has 7 nitrogen and oxygen atoms in total. The van der Waals surface area contributed by atoms with Gasteiger partial charge in [0.2, 0.25) is 0 Å². The zero-order valence-corrected chi connectivity index (χ0v) is 14.0. The molecule has 0 amide bonds. The third-order valence-electron chi connectivity index (χ3n) is 4.84. The fourth-order valence-electron chi connectivity index (χ4n) is 3.79. The minimum atomic E-state index is -0.862. The minimum absolute atomic E-state index is 0.0648. The number of hydrogen-bond donors (Lipinski definition) is 0. The smallest absolute Gasteiger partial charge is 0.309 e. The van der Waals surface area contributed by atoms with Crippen molar-refractivity contribution in [3.05, 3.63) is 34.4 Å². The first kappa shape index (κ1) is 15.8. The van der Waals surface area contributed by atoms with E-state index in [4.69, 9.17) is 18.9 Å². The number of carbonyl (C=O) groups is 3. The van der Waals surface area contributed by atoms with Gasteiger partial charge in [0.15, 0.2) is 17.7 Å². The van der Waals surface area contributed by atoms with Gasteiger partial charge in [0.1, 0.15) is 17.6 Å². The molecule has 0 bridgehead atoms. The van der Waals surface area contributed by atoms with Gasteiger partial charge in [-0.3, -0.25) is 14.4 Å². The second-order valence-electron chi connectivity index (χ2n) is 6.14. The Kier molecular flexibility index (Phi) is 3.43. The van der Waals surface area contributed by atoms with Crippen LogP contribution < -0.4 is 9.47 Å². The van der Waals surface area contributed by atoms with Crippen molar-refractivity contribution in [2.75, 3.05) is 14.2 Å². The van der Waals surface area contributed by atoms with Gasteiger partial charge >= 0.3 is 5.97 Å². The average Bonchev–Trinajstić information content (AvgIpc) is 2.96. The fraction of sp³-hybridized carbons (Fsp3) is 0.389. The van der Waals surface area contributed by atoms with Crippen molar-refractivity contribution in [3.63, 3.8) is 0 Å². The number of rotatable bonds is 2. The highest BCUT2D eigenvalue weighted by Crippen LogP contribution is 2.44. The Labute approximate surface area is 143 Å². The molecule has 1 aromatic rings. The van der Waals surface area contributed by atoms with Crippen LogP contribution in [0.4, 0.5) is 0 Å². The zero-order valence-electron chi connectivity index (χ0n) is 14.0. The van der Waals surface area contributed by atoms with Gasteiger partial charge in [-0.15, -0.1) is 0 Å². The molecule has 1 aliphatic carbocycles. The predicted octanol–water partition coefficient (Wildman–Crippen LogP) is 1.48. The van der Waals surface area contributed by atoms with E-state index in [1.165, 1.54) is 14.2 Å². The summed E-state index contributed by atoms with van der Waals surface area (Å²) in [6.45, 7) is 1.69. The van der Waals surface area contributed by atoms with E-state index in [9.17, 15) is 14.4 Å². The minimum Gasteiger partial charge on any atom is -0.496 e. The van der Waals surface area contributed by atoms with Crippen molar-refractivity contribution in [1.29, 1.82) is 0 Å². The van der Waals surface area contributed by atoms with Crippen LogP contribution in [-0.4, -0.2) is 50.1 Å². The van der Waals surface area contributed by atoms with E-state index in [1.807, 2.05) is 0 Å². The quantitative estimate of drug-likeness (QED) is 0.751. The Bertz CT molecular complexity index is 851. The van der Waals surface area contributed by atoms with E-state index in [0.717, 1.165) is 0 Å².